The lowest BCUT2D eigenvalue weighted by Gasteiger charge is -2.22. The number of rotatable bonds is 7. The molecular weight excluding hydrogens is 282 g/mol. The van der Waals surface area contributed by atoms with Crippen molar-refractivity contribution in [1.29, 1.82) is 0 Å². The first-order chi connectivity index (χ1) is 9.75. The molecule has 0 aliphatic carbocycles. The van der Waals surface area contributed by atoms with Gasteiger partial charge >= 0.3 is 6.18 Å². The van der Waals surface area contributed by atoms with Crippen molar-refractivity contribution in [3.63, 3.8) is 0 Å². The number of hydrogen-bond donors (Lipinski definition) is 1. The van der Waals surface area contributed by atoms with Gasteiger partial charge in [-0.3, -0.25) is 0 Å². The van der Waals surface area contributed by atoms with Crippen molar-refractivity contribution in [3.05, 3.63) is 35.1 Å². The molecule has 0 spiro atoms. The van der Waals surface area contributed by atoms with Gasteiger partial charge in [0.2, 0.25) is 0 Å². The molecular formula is C16H23F4N. The molecule has 0 fully saturated rings. The molecule has 5 heteroatoms. The van der Waals surface area contributed by atoms with Crippen LogP contribution in [0, 0.1) is 11.7 Å². The molecule has 0 aliphatic heterocycles. The normalized spacial score (nSPS) is 13.7. The fourth-order valence-electron chi connectivity index (χ4n) is 2.27. The summed E-state index contributed by atoms with van der Waals surface area (Å²) in [5.74, 6) is -0.810. The number of alkyl halides is 3. The number of hydrogen-bond acceptors (Lipinski definition) is 1. The highest BCUT2D eigenvalue weighted by Gasteiger charge is 2.34. The number of benzene rings is 1. The molecule has 0 amide bonds. The Morgan fingerprint density at radius 3 is 2.38 bits per heavy atom. The smallest absolute Gasteiger partial charge is 0.314 e. The highest BCUT2D eigenvalue weighted by molar-refractivity contribution is 5.27. The zero-order valence-corrected chi connectivity index (χ0v) is 12.7. The second kappa shape index (κ2) is 7.78. The van der Waals surface area contributed by atoms with E-state index in [0.717, 1.165) is 31.5 Å². The SMILES string of the molecule is CCCNC(CCc1ccc(F)c(C(F)(F)F)c1)C(C)C. The van der Waals surface area contributed by atoms with Gasteiger partial charge < -0.3 is 5.32 Å². The van der Waals surface area contributed by atoms with E-state index < -0.39 is 17.6 Å². The average molecular weight is 305 g/mol. The molecule has 1 aromatic rings. The Bertz CT molecular complexity index is 440. The fourth-order valence-corrected chi connectivity index (χ4v) is 2.27. The van der Waals surface area contributed by atoms with Gasteiger partial charge in [-0.1, -0.05) is 26.8 Å². The van der Waals surface area contributed by atoms with Crippen LogP contribution in [0.15, 0.2) is 18.2 Å². The molecule has 120 valence electrons. The predicted octanol–water partition coefficient (Wildman–Crippen LogP) is 4.80. The summed E-state index contributed by atoms with van der Waals surface area (Å²) in [6.45, 7) is 7.12. The molecule has 0 bridgehead atoms. The first kappa shape index (κ1) is 18.0. The standard InChI is InChI=1S/C16H23F4N/c1-4-9-21-15(11(2)3)8-6-12-5-7-14(17)13(10-12)16(18,19)20/h5,7,10-11,15,21H,4,6,8-9H2,1-3H3. The van der Waals surface area contributed by atoms with Gasteiger partial charge in [0.1, 0.15) is 5.82 Å². The summed E-state index contributed by atoms with van der Waals surface area (Å²) >= 11 is 0. The first-order valence-electron chi connectivity index (χ1n) is 7.34. The largest absolute Gasteiger partial charge is 0.419 e. The summed E-state index contributed by atoms with van der Waals surface area (Å²) in [4.78, 5) is 0. The quantitative estimate of drug-likeness (QED) is 0.713. The highest BCUT2D eigenvalue weighted by atomic mass is 19.4. The fraction of sp³-hybridized carbons (Fsp3) is 0.625. The highest BCUT2D eigenvalue weighted by Crippen LogP contribution is 2.32. The van der Waals surface area contributed by atoms with Crippen molar-refractivity contribution in [2.45, 2.75) is 52.3 Å². The maximum absolute atomic E-state index is 13.2. The second-order valence-electron chi connectivity index (χ2n) is 5.66. The number of aryl methyl sites for hydroxylation is 1. The minimum atomic E-state index is -4.64. The van der Waals surface area contributed by atoms with Crippen LogP contribution in [-0.4, -0.2) is 12.6 Å². The number of nitrogens with one attached hydrogen (secondary N) is 1. The Morgan fingerprint density at radius 2 is 1.86 bits per heavy atom. The van der Waals surface area contributed by atoms with Gasteiger partial charge in [-0.05, 0) is 49.4 Å². The van der Waals surface area contributed by atoms with Crippen LogP contribution in [0.1, 0.15) is 44.7 Å². The van der Waals surface area contributed by atoms with Gasteiger partial charge in [0.25, 0.3) is 0 Å². The minimum absolute atomic E-state index is 0.254. The summed E-state index contributed by atoms with van der Waals surface area (Å²) in [6.07, 6.45) is -2.39. The molecule has 1 rings (SSSR count). The van der Waals surface area contributed by atoms with Crippen LogP contribution in [0.3, 0.4) is 0 Å². The van der Waals surface area contributed by atoms with Gasteiger partial charge in [-0.15, -0.1) is 0 Å². The van der Waals surface area contributed by atoms with Gasteiger partial charge in [0.15, 0.2) is 0 Å². The third-order valence-corrected chi connectivity index (χ3v) is 3.54. The van der Waals surface area contributed by atoms with Crippen LogP contribution in [0.4, 0.5) is 17.6 Å². The molecule has 1 N–H and O–H groups in total. The zero-order valence-electron chi connectivity index (χ0n) is 12.7. The van der Waals surface area contributed by atoms with Crippen LogP contribution in [-0.2, 0) is 12.6 Å². The Labute approximate surface area is 123 Å². The molecule has 0 aliphatic rings. The maximum atomic E-state index is 13.2. The van der Waals surface area contributed by atoms with E-state index in [0.29, 0.717) is 17.9 Å². The Kier molecular flexibility index (Phi) is 6.65. The van der Waals surface area contributed by atoms with Gasteiger partial charge in [0, 0.05) is 6.04 Å². The summed E-state index contributed by atoms with van der Waals surface area (Å²) in [6, 6.07) is 3.51. The molecule has 1 atom stereocenters. The van der Waals surface area contributed by atoms with Crippen molar-refractivity contribution in [3.8, 4) is 0 Å². The molecule has 1 nitrogen and oxygen atoms in total. The van der Waals surface area contributed by atoms with Gasteiger partial charge in [-0.25, -0.2) is 4.39 Å². The summed E-state index contributed by atoms with van der Waals surface area (Å²) in [5, 5.41) is 3.40. The molecule has 0 aromatic heterocycles. The van der Waals surface area contributed by atoms with E-state index in [2.05, 4.69) is 26.1 Å². The van der Waals surface area contributed by atoms with E-state index in [9.17, 15) is 17.6 Å². The Hall–Kier alpha value is -1.10. The van der Waals surface area contributed by atoms with Crippen molar-refractivity contribution < 1.29 is 17.6 Å². The summed E-state index contributed by atoms with van der Waals surface area (Å²) < 4.78 is 51.2. The minimum Gasteiger partial charge on any atom is -0.314 e. The van der Waals surface area contributed by atoms with Crippen LogP contribution in [0.25, 0.3) is 0 Å². The molecule has 0 saturated heterocycles. The van der Waals surface area contributed by atoms with Crippen LogP contribution >= 0.6 is 0 Å². The molecule has 21 heavy (non-hydrogen) atoms. The van der Waals surface area contributed by atoms with E-state index in [4.69, 9.17) is 0 Å². The molecule has 1 unspecified atom stereocenters. The first-order valence-corrected chi connectivity index (χ1v) is 7.34. The molecule has 0 saturated carbocycles. The van der Waals surface area contributed by atoms with Crippen molar-refractivity contribution >= 4 is 0 Å². The monoisotopic (exact) mass is 305 g/mol. The second-order valence-corrected chi connectivity index (χ2v) is 5.66. The third-order valence-electron chi connectivity index (χ3n) is 3.54. The lowest BCUT2D eigenvalue weighted by molar-refractivity contribution is -0.140. The number of halogens is 4. The van der Waals surface area contributed by atoms with Crippen LogP contribution in [0.5, 0.6) is 0 Å². The van der Waals surface area contributed by atoms with Gasteiger partial charge in [0.05, 0.1) is 5.56 Å². The van der Waals surface area contributed by atoms with E-state index in [1.165, 1.54) is 6.07 Å². The summed E-state index contributed by atoms with van der Waals surface area (Å²) in [7, 11) is 0. The van der Waals surface area contributed by atoms with Crippen LogP contribution < -0.4 is 5.32 Å². The van der Waals surface area contributed by atoms with E-state index in [1.54, 1.807) is 0 Å². The Morgan fingerprint density at radius 1 is 1.19 bits per heavy atom. The van der Waals surface area contributed by atoms with E-state index in [1.807, 2.05) is 0 Å². The molecule has 1 aromatic carbocycles. The maximum Gasteiger partial charge on any atom is 0.419 e. The van der Waals surface area contributed by atoms with E-state index >= 15 is 0 Å². The van der Waals surface area contributed by atoms with E-state index in [-0.39, 0.29) is 6.04 Å². The predicted molar refractivity (Wildman–Crippen MR) is 76.6 cm³/mol. The van der Waals surface area contributed by atoms with Gasteiger partial charge in [-0.2, -0.15) is 13.2 Å². The topological polar surface area (TPSA) is 12.0 Å². The van der Waals surface area contributed by atoms with Crippen molar-refractivity contribution in [1.82, 2.24) is 5.32 Å². The lowest BCUT2D eigenvalue weighted by Crippen LogP contribution is -2.34. The van der Waals surface area contributed by atoms with Crippen LogP contribution in [0.2, 0.25) is 0 Å². The van der Waals surface area contributed by atoms with Crippen molar-refractivity contribution in [2.24, 2.45) is 5.92 Å². The third kappa shape index (κ3) is 5.65. The Balaban J connectivity index is 2.74. The zero-order chi connectivity index (χ0) is 16.0. The summed E-state index contributed by atoms with van der Waals surface area (Å²) in [5.41, 5.74) is -0.657. The molecule has 0 radical (unpaired) electrons. The lowest BCUT2D eigenvalue weighted by atomic mass is 9.95. The van der Waals surface area contributed by atoms with Crippen molar-refractivity contribution in [2.75, 3.05) is 6.54 Å². The average Bonchev–Trinajstić information content (AvgIpc) is 2.38. The molecule has 0 heterocycles.